The molecule has 0 amide bonds. The lowest BCUT2D eigenvalue weighted by Crippen LogP contribution is -2.28. The van der Waals surface area contributed by atoms with Crippen molar-refractivity contribution < 1.29 is 0 Å². The Labute approximate surface area is 136 Å². The van der Waals surface area contributed by atoms with Gasteiger partial charge in [0.05, 0.1) is 12.1 Å². The van der Waals surface area contributed by atoms with Crippen molar-refractivity contribution in [3.8, 4) is 0 Å². The maximum absolute atomic E-state index is 4.44. The average molecular weight is 304 g/mol. The molecule has 1 aliphatic heterocycles. The Hall–Kier alpha value is -2.62. The van der Waals surface area contributed by atoms with Crippen LogP contribution in [-0.4, -0.2) is 14.8 Å². The zero-order valence-electron chi connectivity index (χ0n) is 13.4. The Balaban J connectivity index is 1.75. The van der Waals surface area contributed by atoms with Gasteiger partial charge in [0.25, 0.3) is 0 Å². The fraction of sp³-hybridized carbons (Fsp3) is 0.263. The van der Waals surface area contributed by atoms with Crippen molar-refractivity contribution >= 4 is 5.95 Å². The van der Waals surface area contributed by atoms with Crippen LogP contribution in [0.25, 0.3) is 0 Å². The number of fused-ring (bicyclic) bond motifs is 1. The summed E-state index contributed by atoms with van der Waals surface area (Å²) in [6.07, 6.45) is 2.59. The number of anilines is 1. The van der Waals surface area contributed by atoms with Gasteiger partial charge >= 0.3 is 0 Å². The predicted octanol–water partition coefficient (Wildman–Crippen LogP) is 4.04. The normalized spacial score (nSPS) is 19.9. The topological polar surface area (TPSA) is 42.7 Å². The molecule has 116 valence electrons. The standard InChI is InChI=1S/C19H20N4/c1-13-7-9-15(10-8-13)17-11-18(16-6-4-3-5-14(16)2)23-19(22-17)20-12-21-23/h3-10,12,17-18H,11H2,1-2H3,(H,20,21,22)/t17-,18-/m1/s1. The van der Waals surface area contributed by atoms with Gasteiger partial charge in [-0.2, -0.15) is 10.1 Å². The molecule has 2 aromatic carbocycles. The van der Waals surface area contributed by atoms with Crippen LogP contribution in [0.1, 0.15) is 40.8 Å². The van der Waals surface area contributed by atoms with Gasteiger partial charge in [-0.15, -0.1) is 0 Å². The fourth-order valence-electron chi connectivity index (χ4n) is 3.36. The quantitative estimate of drug-likeness (QED) is 0.777. The predicted molar refractivity (Wildman–Crippen MR) is 91.5 cm³/mol. The van der Waals surface area contributed by atoms with E-state index in [1.807, 2.05) is 4.68 Å². The molecule has 2 atom stereocenters. The van der Waals surface area contributed by atoms with Crippen LogP contribution in [0.5, 0.6) is 0 Å². The number of nitrogens with one attached hydrogen (secondary N) is 1. The first-order chi connectivity index (χ1) is 11.2. The van der Waals surface area contributed by atoms with Crippen LogP contribution >= 0.6 is 0 Å². The summed E-state index contributed by atoms with van der Waals surface area (Å²) < 4.78 is 2.01. The fourth-order valence-corrected chi connectivity index (χ4v) is 3.36. The summed E-state index contributed by atoms with van der Waals surface area (Å²) in [5.41, 5.74) is 5.19. The maximum Gasteiger partial charge on any atom is 0.222 e. The summed E-state index contributed by atoms with van der Waals surface area (Å²) in [4.78, 5) is 4.40. The SMILES string of the molecule is Cc1ccc([C@H]2C[C@H](c3ccccc3C)n3ncnc3N2)cc1. The van der Waals surface area contributed by atoms with E-state index in [2.05, 4.69) is 77.8 Å². The van der Waals surface area contributed by atoms with Gasteiger partial charge in [0.2, 0.25) is 5.95 Å². The molecule has 0 radical (unpaired) electrons. The monoisotopic (exact) mass is 304 g/mol. The average Bonchev–Trinajstić information content (AvgIpc) is 3.04. The van der Waals surface area contributed by atoms with E-state index in [1.165, 1.54) is 22.3 Å². The van der Waals surface area contributed by atoms with Crippen LogP contribution in [0.3, 0.4) is 0 Å². The van der Waals surface area contributed by atoms with E-state index in [9.17, 15) is 0 Å². The zero-order chi connectivity index (χ0) is 15.8. The van der Waals surface area contributed by atoms with Crippen LogP contribution < -0.4 is 5.32 Å². The van der Waals surface area contributed by atoms with E-state index in [-0.39, 0.29) is 12.1 Å². The number of hydrogen-bond donors (Lipinski definition) is 1. The first kappa shape index (κ1) is 14.0. The van der Waals surface area contributed by atoms with Crippen LogP contribution in [0.4, 0.5) is 5.95 Å². The van der Waals surface area contributed by atoms with Crippen molar-refractivity contribution in [2.45, 2.75) is 32.4 Å². The Morgan fingerprint density at radius 1 is 1.04 bits per heavy atom. The molecule has 23 heavy (non-hydrogen) atoms. The molecule has 0 aliphatic carbocycles. The minimum absolute atomic E-state index is 0.209. The molecule has 1 aromatic heterocycles. The minimum atomic E-state index is 0.209. The molecule has 0 unspecified atom stereocenters. The molecule has 0 bridgehead atoms. The van der Waals surface area contributed by atoms with E-state index < -0.39 is 0 Å². The first-order valence-corrected chi connectivity index (χ1v) is 8.00. The van der Waals surface area contributed by atoms with Crippen LogP contribution in [-0.2, 0) is 0 Å². The van der Waals surface area contributed by atoms with Gasteiger partial charge in [-0.3, -0.25) is 0 Å². The smallest absolute Gasteiger partial charge is 0.222 e. The van der Waals surface area contributed by atoms with Crippen molar-refractivity contribution in [1.29, 1.82) is 0 Å². The van der Waals surface area contributed by atoms with E-state index >= 15 is 0 Å². The Kier molecular flexibility index (Phi) is 3.37. The summed E-state index contributed by atoms with van der Waals surface area (Å²) in [5.74, 6) is 0.843. The number of rotatable bonds is 2. The number of nitrogens with zero attached hydrogens (tertiary/aromatic N) is 3. The summed E-state index contributed by atoms with van der Waals surface area (Å²) in [7, 11) is 0. The highest BCUT2D eigenvalue weighted by Gasteiger charge is 2.30. The summed E-state index contributed by atoms with van der Waals surface area (Å²) in [6.45, 7) is 4.28. The number of aryl methyl sites for hydroxylation is 2. The second-order valence-electron chi connectivity index (χ2n) is 6.24. The lowest BCUT2D eigenvalue weighted by atomic mass is 9.91. The molecule has 4 heteroatoms. The third-order valence-electron chi connectivity index (χ3n) is 4.66. The van der Waals surface area contributed by atoms with E-state index in [4.69, 9.17) is 0 Å². The Morgan fingerprint density at radius 3 is 2.61 bits per heavy atom. The highest BCUT2D eigenvalue weighted by atomic mass is 15.4. The molecule has 0 spiro atoms. The second-order valence-corrected chi connectivity index (χ2v) is 6.24. The number of benzene rings is 2. The molecular formula is C19H20N4. The molecule has 4 nitrogen and oxygen atoms in total. The highest BCUT2D eigenvalue weighted by Crippen LogP contribution is 2.38. The van der Waals surface area contributed by atoms with Gasteiger partial charge in [0.1, 0.15) is 6.33 Å². The molecular weight excluding hydrogens is 284 g/mol. The summed E-state index contributed by atoms with van der Waals surface area (Å²) >= 11 is 0. The van der Waals surface area contributed by atoms with Gasteiger partial charge in [0.15, 0.2) is 0 Å². The zero-order valence-corrected chi connectivity index (χ0v) is 13.4. The van der Waals surface area contributed by atoms with Crippen molar-refractivity contribution in [3.63, 3.8) is 0 Å². The first-order valence-electron chi connectivity index (χ1n) is 8.00. The van der Waals surface area contributed by atoms with Crippen LogP contribution in [0, 0.1) is 13.8 Å². The van der Waals surface area contributed by atoms with Gasteiger partial charge < -0.3 is 5.32 Å². The molecule has 0 saturated carbocycles. The van der Waals surface area contributed by atoms with Crippen molar-refractivity contribution in [2.75, 3.05) is 5.32 Å². The summed E-state index contributed by atoms with van der Waals surface area (Å²) in [6, 6.07) is 17.7. The second kappa shape index (κ2) is 5.54. The van der Waals surface area contributed by atoms with Gasteiger partial charge in [-0.25, -0.2) is 4.68 Å². The van der Waals surface area contributed by atoms with Crippen molar-refractivity contribution in [1.82, 2.24) is 14.8 Å². The number of aromatic nitrogens is 3. The lowest BCUT2D eigenvalue weighted by Gasteiger charge is -2.32. The lowest BCUT2D eigenvalue weighted by molar-refractivity contribution is 0.429. The van der Waals surface area contributed by atoms with Crippen molar-refractivity contribution in [2.24, 2.45) is 0 Å². The Bertz CT molecular complexity index is 819. The van der Waals surface area contributed by atoms with Gasteiger partial charge in [-0.05, 0) is 37.0 Å². The number of hydrogen-bond acceptors (Lipinski definition) is 3. The maximum atomic E-state index is 4.44. The van der Waals surface area contributed by atoms with Crippen molar-refractivity contribution in [3.05, 3.63) is 77.1 Å². The summed E-state index contributed by atoms with van der Waals surface area (Å²) in [5, 5.41) is 7.96. The van der Waals surface area contributed by atoms with E-state index in [0.29, 0.717) is 0 Å². The third kappa shape index (κ3) is 2.50. The van der Waals surface area contributed by atoms with Gasteiger partial charge in [-0.1, -0.05) is 54.1 Å². The van der Waals surface area contributed by atoms with E-state index in [0.717, 1.165) is 12.4 Å². The van der Waals surface area contributed by atoms with Crippen LogP contribution in [0.15, 0.2) is 54.9 Å². The molecule has 2 heterocycles. The van der Waals surface area contributed by atoms with E-state index in [1.54, 1.807) is 6.33 Å². The molecule has 0 fully saturated rings. The largest absolute Gasteiger partial charge is 0.348 e. The molecule has 1 N–H and O–H groups in total. The van der Waals surface area contributed by atoms with Crippen LogP contribution in [0.2, 0.25) is 0 Å². The Morgan fingerprint density at radius 2 is 1.83 bits per heavy atom. The highest BCUT2D eigenvalue weighted by molar-refractivity contribution is 5.40. The third-order valence-corrected chi connectivity index (χ3v) is 4.66. The molecule has 0 saturated heterocycles. The molecule has 4 rings (SSSR count). The minimum Gasteiger partial charge on any atom is -0.348 e. The molecule has 1 aliphatic rings. The molecule has 3 aromatic rings. The van der Waals surface area contributed by atoms with Gasteiger partial charge in [0, 0.05) is 0 Å².